The van der Waals surface area contributed by atoms with E-state index in [4.69, 9.17) is 20.2 Å². The van der Waals surface area contributed by atoms with Gasteiger partial charge in [0.25, 0.3) is 0 Å². The summed E-state index contributed by atoms with van der Waals surface area (Å²) in [6.45, 7) is 6.08. The van der Waals surface area contributed by atoms with Crippen molar-refractivity contribution in [1.82, 2.24) is 4.90 Å². The van der Waals surface area contributed by atoms with Gasteiger partial charge in [0, 0.05) is 37.5 Å². The molecule has 0 atom stereocenters. The highest BCUT2D eigenvalue weighted by molar-refractivity contribution is 8.13. The van der Waals surface area contributed by atoms with Crippen molar-refractivity contribution in [3.63, 3.8) is 0 Å². The lowest BCUT2D eigenvalue weighted by Gasteiger charge is -2.27. The van der Waals surface area contributed by atoms with Crippen molar-refractivity contribution in [3.05, 3.63) is 0 Å². The maximum Gasteiger partial charge on any atom is 0.410 e. The van der Waals surface area contributed by atoms with Crippen molar-refractivity contribution in [3.8, 4) is 0 Å². The molecule has 0 aliphatic heterocycles. The number of nitrogens with zero attached hydrogens (tertiary/aromatic N) is 1. The third kappa shape index (κ3) is 11.0. The number of hydrogen-bond acceptors (Lipinski definition) is 5. The number of hydrogen-bond donors (Lipinski definition) is 0. The van der Waals surface area contributed by atoms with E-state index in [0.29, 0.717) is 19.6 Å². The van der Waals surface area contributed by atoms with E-state index >= 15 is 0 Å². The van der Waals surface area contributed by atoms with Gasteiger partial charge in [-0.05, 0) is 27.2 Å². The molecule has 0 fully saturated rings. The van der Waals surface area contributed by atoms with Crippen molar-refractivity contribution in [2.24, 2.45) is 0 Å². The number of amides is 1. The Labute approximate surface area is 119 Å². The van der Waals surface area contributed by atoms with Gasteiger partial charge < -0.3 is 14.4 Å². The van der Waals surface area contributed by atoms with E-state index in [2.05, 4.69) is 0 Å². The Hall–Kier alpha value is -0.530. The molecule has 19 heavy (non-hydrogen) atoms. The molecule has 0 N–H and O–H groups in total. The molecule has 0 spiro atoms. The number of carbonyl (C=O) groups excluding carboxylic acids is 1. The van der Waals surface area contributed by atoms with Crippen molar-refractivity contribution in [1.29, 1.82) is 0 Å². The quantitative estimate of drug-likeness (QED) is 0.529. The third-order valence-electron chi connectivity index (χ3n) is 2.03. The van der Waals surface area contributed by atoms with Gasteiger partial charge in [0.2, 0.25) is 9.05 Å². The first-order valence-corrected chi connectivity index (χ1v) is 8.42. The number of methoxy groups -OCH3 is 1. The summed E-state index contributed by atoms with van der Waals surface area (Å²) in [6.07, 6.45) is 0.0434. The molecule has 0 bridgehead atoms. The van der Waals surface area contributed by atoms with Crippen LogP contribution in [-0.2, 0) is 18.5 Å². The Balaban J connectivity index is 4.52. The molecule has 0 saturated carbocycles. The van der Waals surface area contributed by atoms with E-state index in [1.165, 1.54) is 4.90 Å². The van der Waals surface area contributed by atoms with E-state index in [9.17, 15) is 13.2 Å². The smallest absolute Gasteiger partial charge is 0.410 e. The van der Waals surface area contributed by atoms with E-state index in [0.717, 1.165) is 0 Å². The fourth-order valence-corrected chi connectivity index (χ4v) is 1.89. The zero-order valence-corrected chi connectivity index (χ0v) is 13.4. The van der Waals surface area contributed by atoms with Crippen LogP contribution in [0.2, 0.25) is 0 Å². The molecular weight excluding hydrogens is 294 g/mol. The molecular formula is C11H22ClNO5S. The first kappa shape index (κ1) is 18.5. The van der Waals surface area contributed by atoms with Crippen LogP contribution in [-0.4, -0.2) is 57.6 Å². The maximum absolute atomic E-state index is 11.9. The zero-order chi connectivity index (χ0) is 15.1. The largest absolute Gasteiger partial charge is 0.444 e. The summed E-state index contributed by atoms with van der Waals surface area (Å²) in [4.78, 5) is 13.2. The number of rotatable bonds is 7. The summed E-state index contributed by atoms with van der Waals surface area (Å²) in [5, 5.41) is 0. The summed E-state index contributed by atoms with van der Waals surface area (Å²) >= 11 is 0. The Morgan fingerprint density at radius 1 is 1.26 bits per heavy atom. The molecule has 0 heterocycles. The minimum Gasteiger partial charge on any atom is -0.444 e. The van der Waals surface area contributed by atoms with Crippen LogP contribution in [0.4, 0.5) is 4.79 Å². The minimum atomic E-state index is -3.64. The first-order valence-electron chi connectivity index (χ1n) is 5.94. The van der Waals surface area contributed by atoms with Gasteiger partial charge in [-0.1, -0.05) is 0 Å². The lowest BCUT2D eigenvalue weighted by atomic mass is 10.2. The SMILES string of the molecule is COCCCN(CCS(=O)(=O)Cl)C(=O)OC(C)(C)C. The second-order valence-electron chi connectivity index (χ2n) is 5.06. The summed E-state index contributed by atoms with van der Waals surface area (Å²) in [7, 11) is 3.07. The van der Waals surface area contributed by atoms with E-state index in [1.807, 2.05) is 0 Å². The standard InChI is InChI=1S/C11H22ClNO5S/c1-11(2,3)18-10(14)13(6-5-8-17-4)7-9-19(12,15)16/h5-9H2,1-4H3. The Kier molecular flexibility index (Phi) is 7.69. The van der Waals surface area contributed by atoms with E-state index in [-0.39, 0.29) is 12.3 Å². The molecule has 0 aromatic carbocycles. The molecule has 0 aromatic rings. The zero-order valence-electron chi connectivity index (χ0n) is 11.8. The summed E-state index contributed by atoms with van der Waals surface area (Å²) in [5.41, 5.74) is -0.629. The van der Waals surface area contributed by atoms with Crippen molar-refractivity contribution >= 4 is 25.8 Å². The second kappa shape index (κ2) is 7.91. The highest BCUT2D eigenvalue weighted by Crippen LogP contribution is 2.11. The van der Waals surface area contributed by atoms with Crippen LogP contribution in [0.3, 0.4) is 0 Å². The van der Waals surface area contributed by atoms with Gasteiger partial charge in [-0.2, -0.15) is 0 Å². The minimum absolute atomic E-state index is 0.00443. The average molecular weight is 316 g/mol. The monoisotopic (exact) mass is 315 g/mol. The summed E-state index contributed by atoms with van der Waals surface area (Å²) < 4.78 is 32.0. The molecule has 1 amide bonds. The molecule has 0 saturated heterocycles. The fourth-order valence-electron chi connectivity index (χ4n) is 1.24. The van der Waals surface area contributed by atoms with Gasteiger partial charge in [-0.15, -0.1) is 0 Å². The topological polar surface area (TPSA) is 72.9 Å². The molecule has 0 aliphatic carbocycles. The number of ether oxygens (including phenoxy) is 2. The third-order valence-corrected chi connectivity index (χ3v) is 3.17. The molecule has 0 rings (SSSR count). The molecule has 0 unspecified atom stereocenters. The Morgan fingerprint density at radius 3 is 2.26 bits per heavy atom. The molecule has 0 aliphatic rings. The lowest BCUT2D eigenvalue weighted by Crippen LogP contribution is -2.39. The van der Waals surface area contributed by atoms with Gasteiger partial charge in [0.1, 0.15) is 5.60 Å². The van der Waals surface area contributed by atoms with Crippen molar-refractivity contribution in [2.45, 2.75) is 32.8 Å². The molecule has 0 aromatic heterocycles. The molecule has 0 radical (unpaired) electrons. The maximum atomic E-state index is 11.9. The predicted octanol–water partition coefficient (Wildman–Crippen LogP) is 1.83. The number of carbonyl (C=O) groups is 1. The molecule has 8 heteroatoms. The molecule has 6 nitrogen and oxygen atoms in total. The van der Waals surface area contributed by atoms with Crippen LogP contribution >= 0.6 is 10.7 Å². The number of halogens is 1. The first-order chi connectivity index (χ1) is 8.55. The van der Waals surface area contributed by atoms with Gasteiger partial charge >= 0.3 is 6.09 Å². The summed E-state index contributed by atoms with van der Waals surface area (Å²) in [6, 6.07) is 0. The normalized spacial score (nSPS) is 12.3. The van der Waals surface area contributed by atoms with E-state index < -0.39 is 20.7 Å². The van der Waals surface area contributed by atoms with Crippen LogP contribution in [0.5, 0.6) is 0 Å². The molecule has 114 valence electrons. The van der Waals surface area contributed by atoms with Gasteiger partial charge in [-0.3, -0.25) is 0 Å². The van der Waals surface area contributed by atoms with E-state index in [1.54, 1.807) is 27.9 Å². The predicted molar refractivity (Wildman–Crippen MR) is 73.9 cm³/mol. The lowest BCUT2D eigenvalue weighted by molar-refractivity contribution is 0.0248. The van der Waals surface area contributed by atoms with Crippen molar-refractivity contribution in [2.75, 3.05) is 32.6 Å². The van der Waals surface area contributed by atoms with Gasteiger partial charge in [0.05, 0.1) is 5.75 Å². The summed E-state index contributed by atoms with van der Waals surface area (Å²) in [5.74, 6) is -0.305. The average Bonchev–Trinajstić information content (AvgIpc) is 2.18. The Bertz CT molecular complexity index is 377. The highest BCUT2D eigenvalue weighted by atomic mass is 35.7. The van der Waals surface area contributed by atoms with Gasteiger partial charge in [0.15, 0.2) is 0 Å². The Morgan fingerprint density at radius 2 is 1.84 bits per heavy atom. The fraction of sp³-hybridized carbons (Fsp3) is 0.909. The highest BCUT2D eigenvalue weighted by Gasteiger charge is 2.23. The van der Waals surface area contributed by atoms with Crippen LogP contribution in [0.15, 0.2) is 0 Å². The van der Waals surface area contributed by atoms with Crippen LogP contribution < -0.4 is 0 Å². The van der Waals surface area contributed by atoms with Crippen LogP contribution in [0, 0.1) is 0 Å². The van der Waals surface area contributed by atoms with Crippen LogP contribution in [0.25, 0.3) is 0 Å². The van der Waals surface area contributed by atoms with Gasteiger partial charge in [-0.25, -0.2) is 13.2 Å². The second-order valence-corrected chi connectivity index (χ2v) is 7.95. The van der Waals surface area contributed by atoms with Crippen molar-refractivity contribution < 1.29 is 22.7 Å². The van der Waals surface area contributed by atoms with Crippen LogP contribution in [0.1, 0.15) is 27.2 Å².